The highest BCUT2D eigenvalue weighted by molar-refractivity contribution is 6.30. The van der Waals surface area contributed by atoms with Crippen LogP contribution in [0.1, 0.15) is 27.2 Å². The van der Waals surface area contributed by atoms with E-state index >= 15 is 0 Å². The molecule has 1 fully saturated rings. The average Bonchev–Trinajstić information content (AvgIpc) is 2.84. The van der Waals surface area contributed by atoms with E-state index in [1.807, 2.05) is 0 Å². The van der Waals surface area contributed by atoms with Crippen molar-refractivity contribution >= 4 is 23.7 Å². The molecule has 2 atom stereocenters. The third-order valence-electron chi connectivity index (χ3n) is 3.16. The van der Waals surface area contributed by atoms with E-state index in [1.165, 1.54) is 11.1 Å². The molecule has 126 valence electrons. The van der Waals surface area contributed by atoms with Gasteiger partial charge in [0.1, 0.15) is 17.7 Å². The van der Waals surface area contributed by atoms with Gasteiger partial charge in [0.05, 0.1) is 11.6 Å². The number of likely N-dealkylation sites (tertiary alicyclic amines) is 1. The number of hydrogen-bond donors (Lipinski definition) is 1. The summed E-state index contributed by atoms with van der Waals surface area (Å²) < 4.78 is 10.9. The Morgan fingerprint density at radius 1 is 1.39 bits per heavy atom. The lowest BCUT2D eigenvalue weighted by Crippen LogP contribution is -2.43. The number of carboxylic acids is 1. The van der Waals surface area contributed by atoms with Crippen LogP contribution in [0.5, 0.6) is 5.88 Å². The summed E-state index contributed by atoms with van der Waals surface area (Å²) in [5.74, 6) is -0.763. The Balaban J connectivity index is 2.06. The lowest BCUT2D eigenvalue weighted by Gasteiger charge is -2.26. The fourth-order valence-corrected chi connectivity index (χ4v) is 2.35. The number of hydrogen-bond acceptors (Lipinski definition) is 5. The molecule has 23 heavy (non-hydrogen) atoms. The number of carboxylic acid groups (broad SMARTS) is 1. The molecule has 0 bridgehead atoms. The molecule has 2 rings (SSSR count). The van der Waals surface area contributed by atoms with Crippen molar-refractivity contribution in [3.63, 3.8) is 0 Å². The largest absolute Gasteiger partial charge is 0.480 e. The molecule has 0 saturated carbocycles. The van der Waals surface area contributed by atoms with Gasteiger partial charge < -0.3 is 14.6 Å². The van der Waals surface area contributed by atoms with E-state index in [9.17, 15) is 14.7 Å². The molecule has 1 aromatic rings. The molecule has 1 aliphatic heterocycles. The highest BCUT2D eigenvalue weighted by atomic mass is 35.5. The predicted octanol–water partition coefficient (Wildman–Crippen LogP) is 2.58. The van der Waals surface area contributed by atoms with Gasteiger partial charge in [-0.1, -0.05) is 11.6 Å². The topological polar surface area (TPSA) is 89.0 Å². The molecule has 7 nitrogen and oxygen atoms in total. The summed E-state index contributed by atoms with van der Waals surface area (Å²) in [4.78, 5) is 28.7. The summed E-state index contributed by atoms with van der Waals surface area (Å²) in [6.07, 6.45) is 0.461. The maximum atomic E-state index is 12.2. The first kappa shape index (κ1) is 17.3. The third-order valence-corrected chi connectivity index (χ3v) is 3.39. The number of halogens is 1. The van der Waals surface area contributed by atoms with Crippen LogP contribution in [0.2, 0.25) is 5.02 Å². The summed E-state index contributed by atoms with van der Waals surface area (Å²) in [5, 5.41) is 9.79. The summed E-state index contributed by atoms with van der Waals surface area (Å²) in [6.45, 7) is 5.29. The fraction of sp³-hybridized carbons (Fsp3) is 0.533. The standard InChI is InChI=1S/C15H19ClN2O5/c1-15(2,3)23-14(21)18-8-10(6-11(18)13(19)20)22-12-5-4-9(16)7-17-12/h4-5,7,10-11H,6,8H2,1-3H3,(H,19,20)/t10-,11+/m1/s1. The molecule has 2 heterocycles. The summed E-state index contributed by atoms with van der Waals surface area (Å²) in [7, 11) is 0. The molecule has 1 N–H and O–H groups in total. The summed E-state index contributed by atoms with van der Waals surface area (Å²) in [5.41, 5.74) is -0.698. The van der Waals surface area contributed by atoms with Crippen molar-refractivity contribution in [2.45, 2.75) is 44.9 Å². The zero-order chi connectivity index (χ0) is 17.2. The molecule has 0 aliphatic carbocycles. The Morgan fingerprint density at radius 2 is 2.09 bits per heavy atom. The minimum absolute atomic E-state index is 0.121. The second-order valence-electron chi connectivity index (χ2n) is 6.28. The van der Waals surface area contributed by atoms with E-state index in [0.717, 1.165) is 0 Å². The van der Waals surface area contributed by atoms with E-state index in [-0.39, 0.29) is 13.0 Å². The monoisotopic (exact) mass is 342 g/mol. The zero-order valence-electron chi connectivity index (χ0n) is 13.2. The number of carbonyl (C=O) groups is 2. The van der Waals surface area contributed by atoms with Crippen LogP contribution in [0, 0.1) is 0 Å². The normalized spacial score (nSPS) is 21.1. The van der Waals surface area contributed by atoms with E-state index in [4.69, 9.17) is 21.1 Å². The molecule has 0 spiro atoms. The number of aromatic nitrogens is 1. The highest BCUT2D eigenvalue weighted by Gasteiger charge is 2.42. The predicted molar refractivity (Wildman–Crippen MR) is 82.6 cm³/mol. The number of rotatable bonds is 3. The lowest BCUT2D eigenvalue weighted by molar-refractivity contribution is -0.142. The van der Waals surface area contributed by atoms with Gasteiger partial charge in [-0.2, -0.15) is 0 Å². The molecule has 0 aromatic carbocycles. The van der Waals surface area contributed by atoms with Crippen molar-refractivity contribution in [2.75, 3.05) is 6.54 Å². The molecule has 0 radical (unpaired) electrons. The number of ether oxygens (including phenoxy) is 2. The Morgan fingerprint density at radius 3 is 2.61 bits per heavy atom. The Hall–Kier alpha value is -2.02. The quantitative estimate of drug-likeness (QED) is 0.908. The van der Waals surface area contributed by atoms with Crippen LogP contribution in [0.25, 0.3) is 0 Å². The lowest BCUT2D eigenvalue weighted by atomic mass is 10.2. The molecule has 1 amide bonds. The number of aliphatic carboxylic acids is 1. The van der Waals surface area contributed by atoms with Crippen molar-refractivity contribution in [3.05, 3.63) is 23.4 Å². The van der Waals surface area contributed by atoms with Crippen molar-refractivity contribution in [1.29, 1.82) is 0 Å². The molecular formula is C15H19ClN2O5. The van der Waals surface area contributed by atoms with E-state index in [0.29, 0.717) is 10.9 Å². The van der Waals surface area contributed by atoms with E-state index in [1.54, 1.807) is 32.9 Å². The van der Waals surface area contributed by atoms with Gasteiger partial charge in [0.25, 0.3) is 0 Å². The third kappa shape index (κ3) is 4.72. The molecule has 1 aliphatic rings. The summed E-state index contributed by atoms with van der Waals surface area (Å²) in [6, 6.07) is 2.23. The van der Waals surface area contributed by atoms with Crippen molar-refractivity contribution in [1.82, 2.24) is 9.88 Å². The fourth-order valence-electron chi connectivity index (χ4n) is 2.24. The van der Waals surface area contributed by atoms with Crippen LogP contribution in [0.15, 0.2) is 18.3 Å². The van der Waals surface area contributed by atoms with Crippen molar-refractivity contribution < 1.29 is 24.2 Å². The van der Waals surface area contributed by atoms with Crippen LogP contribution in [0.3, 0.4) is 0 Å². The highest BCUT2D eigenvalue weighted by Crippen LogP contribution is 2.25. The van der Waals surface area contributed by atoms with Crippen molar-refractivity contribution in [3.8, 4) is 5.88 Å². The van der Waals surface area contributed by atoms with Gasteiger partial charge in [-0.15, -0.1) is 0 Å². The van der Waals surface area contributed by atoms with Crippen LogP contribution in [0.4, 0.5) is 4.79 Å². The second kappa shape index (κ2) is 6.62. The molecule has 0 unspecified atom stereocenters. The van der Waals surface area contributed by atoms with Crippen LogP contribution in [-0.2, 0) is 9.53 Å². The SMILES string of the molecule is CC(C)(C)OC(=O)N1C[C@H](Oc2ccc(Cl)cn2)C[C@H]1C(=O)O. The molecule has 8 heteroatoms. The van der Waals surface area contributed by atoms with E-state index < -0.39 is 29.8 Å². The maximum absolute atomic E-state index is 12.2. The van der Waals surface area contributed by atoms with E-state index in [2.05, 4.69) is 4.98 Å². The van der Waals surface area contributed by atoms with Gasteiger partial charge in [0, 0.05) is 18.7 Å². The maximum Gasteiger partial charge on any atom is 0.411 e. The first-order valence-corrected chi connectivity index (χ1v) is 7.54. The van der Waals surface area contributed by atoms with Gasteiger partial charge in [0.2, 0.25) is 5.88 Å². The average molecular weight is 343 g/mol. The first-order chi connectivity index (χ1) is 10.7. The Bertz CT molecular complexity index is 585. The molecule has 1 aromatic heterocycles. The number of nitrogens with zero attached hydrogens (tertiary/aromatic N) is 2. The van der Waals surface area contributed by atoms with Gasteiger partial charge in [-0.3, -0.25) is 4.90 Å². The van der Waals surface area contributed by atoms with Crippen LogP contribution >= 0.6 is 11.6 Å². The Kier molecular flexibility index (Phi) is 4.99. The van der Waals surface area contributed by atoms with Gasteiger partial charge >= 0.3 is 12.1 Å². The zero-order valence-corrected chi connectivity index (χ0v) is 13.9. The summed E-state index contributed by atoms with van der Waals surface area (Å²) >= 11 is 5.75. The van der Waals surface area contributed by atoms with Gasteiger partial charge in [-0.25, -0.2) is 14.6 Å². The Labute approximate surface area is 139 Å². The van der Waals surface area contributed by atoms with Crippen LogP contribution < -0.4 is 4.74 Å². The van der Waals surface area contributed by atoms with Gasteiger partial charge in [-0.05, 0) is 26.8 Å². The smallest absolute Gasteiger partial charge is 0.411 e. The van der Waals surface area contributed by atoms with Crippen molar-refractivity contribution in [2.24, 2.45) is 0 Å². The molecular weight excluding hydrogens is 324 g/mol. The minimum atomic E-state index is -1.09. The number of pyridine rings is 1. The first-order valence-electron chi connectivity index (χ1n) is 7.16. The minimum Gasteiger partial charge on any atom is -0.480 e. The number of amides is 1. The second-order valence-corrected chi connectivity index (χ2v) is 6.71. The van der Waals surface area contributed by atoms with Gasteiger partial charge in [0.15, 0.2) is 0 Å². The number of carbonyl (C=O) groups excluding carboxylic acids is 1. The van der Waals surface area contributed by atoms with Crippen LogP contribution in [-0.4, -0.2) is 51.3 Å². The molecule has 1 saturated heterocycles.